The van der Waals surface area contributed by atoms with Gasteiger partial charge in [0.2, 0.25) is 5.91 Å². The molecule has 0 heterocycles. The lowest BCUT2D eigenvalue weighted by Crippen LogP contribution is -2.43. The van der Waals surface area contributed by atoms with Gasteiger partial charge in [-0.15, -0.1) is 24.0 Å². The van der Waals surface area contributed by atoms with Crippen LogP contribution in [0.4, 0.5) is 0 Å². The summed E-state index contributed by atoms with van der Waals surface area (Å²) in [6.07, 6.45) is 0.770. The van der Waals surface area contributed by atoms with Gasteiger partial charge in [0.15, 0.2) is 5.96 Å². The number of benzene rings is 1. The fraction of sp³-hybridized carbons (Fsp3) is 0.526. The Morgan fingerprint density at radius 1 is 1.04 bits per heavy atom. The highest BCUT2D eigenvalue weighted by molar-refractivity contribution is 14.0. The Balaban J connectivity index is 0.00000676. The molecule has 0 saturated heterocycles. The number of nitrogens with one attached hydrogen (secondary N) is 4. The van der Waals surface area contributed by atoms with Crippen LogP contribution >= 0.6 is 24.0 Å². The largest absolute Gasteiger partial charge is 0.356 e. The van der Waals surface area contributed by atoms with E-state index < -0.39 is 0 Å². The van der Waals surface area contributed by atoms with E-state index >= 15 is 0 Å². The molecule has 0 atom stereocenters. The molecule has 0 spiro atoms. The van der Waals surface area contributed by atoms with Crippen LogP contribution in [0.15, 0.2) is 29.3 Å². The van der Waals surface area contributed by atoms with Gasteiger partial charge < -0.3 is 21.3 Å². The Labute approximate surface area is 179 Å². The highest BCUT2D eigenvalue weighted by atomic mass is 127. The number of nitrogens with zero attached hydrogens (tertiary/aromatic N) is 1. The fourth-order valence-corrected chi connectivity index (χ4v) is 2.18. The van der Waals surface area contributed by atoms with E-state index in [1.807, 2.05) is 39.0 Å². The molecule has 152 valence electrons. The number of carbonyl (C=O) groups excluding carboxylic acids is 2. The number of amides is 2. The standard InChI is InChI=1S/C19H31N5O2.HI/c1-19(2,3)17(26)22-11-12-24-18(21-5)23-10-9-14-7-6-8-15(13-14)16(25)20-4;/h6-8,13H,9-12H2,1-5H3,(H,20,25)(H,22,26)(H2,21,23,24);1H. The highest BCUT2D eigenvalue weighted by Crippen LogP contribution is 2.11. The average molecular weight is 489 g/mol. The lowest BCUT2D eigenvalue weighted by atomic mass is 9.96. The van der Waals surface area contributed by atoms with E-state index in [0.717, 1.165) is 12.0 Å². The summed E-state index contributed by atoms with van der Waals surface area (Å²) in [7, 11) is 3.32. The first-order valence-corrected chi connectivity index (χ1v) is 8.81. The third-order valence-corrected chi connectivity index (χ3v) is 3.73. The number of halogens is 1. The number of rotatable bonds is 7. The number of aliphatic imine (C=N–C) groups is 1. The highest BCUT2D eigenvalue weighted by Gasteiger charge is 2.20. The first-order chi connectivity index (χ1) is 12.3. The van der Waals surface area contributed by atoms with Crippen molar-refractivity contribution < 1.29 is 9.59 Å². The zero-order valence-corrected chi connectivity index (χ0v) is 19.1. The van der Waals surface area contributed by atoms with E-state index in [-0.39, 0.29) is 41.2 Å². The summed E-state index contributed by atoms with van der Waals surface area (Å²) < 4.78 is 0. The molecular weight excluding hydrogens is 457 g/mol. The normalized spacial score (nSPS) is 11.2. The second-order valence-corrected chi connectivity index (χ2v) is 6.96. The molecular formula is C19H32IN5O2. The number of carbonyl (C=O) groups is 2. The van der Waals surface area contributed by atoms with Gasteiger partial charge in [0.25, 0.3) is 5.91 Å². The molecule has 1 aromatic rings. The Morgan fingerprint density at radius 2 is 1.67 bits per heavy atom. The molecule has 4 N–H and O–H groups in total. The summed E-state index contributed by atoms with van der Waals surface area (Å²) in [5.74, 6) is 0.616. The SMILES string of the molecule is CN=C(NCCNC(=O)C(C)(C)C)NCCc1cccc(C(=O)NC)c1.I. The van der Waals surface area contributed by atoms with E-state index in [9.17, 15) is 9.59 Å². The molecule has 1 rings (SSSR count). The van der Waals surface area contributed by atoms with Gasteiger partial charge in [-0.2, -0.15) is 0 Å². The van der Waals surface area contributed by atoms with Crippen LogP contribution in [0.2, 0.25) is 0 Å². The molecule has 0 fully saturated rings. The predicted molar refractivity (Wildman–Crippen MR) is 121 cm³/mol. The summed E-state index contributed by atoms with van der Waals surface area (Å²) in [5, 5.41) is 11.9. The molecule has 0 aliphatic heterocycles. The number of guanidine groups is 1. The van der Waals surface area contributed by atoms with Gasteiger partial charge in [0.05, 0.1) is 0 Å². The Hall–Kier alpha value is -1.84. The van der Waals surface area contributed by atoms with Gasteiger partial charge in [0, 0.05) is 44.7 Å². The van der Waals surface area contributed by atoms with Gasteiger partial charge in [-0.05, 0) is 24.1 Å². The molecule has 0 unspecified atom stereocenters. The van der Waals surface area contributed by atoms with Crippen LogP contribution < -0.4 is 21.3 Å². The van der Waals surface area contributed by atoms with Crippen molar-refractivity contribution in [1.29, 1.82) is 0 Å². The monoisotopic (exact) mass is 489 g/mol. The van der Waals surface area contributed by atoms with Crippen LogP contribution in [0.25, 0.3) is 0 Å². The first-order valence-electron chi connectivity index (χ1n) is 8.81. The van der Waals surface area contributed by atoms with Crippen molar-refractivity contribution in [2.45, 2.75) is 27.2 Å². The molecule has 2 amide bonds. The van der Waals surface area contributed by atoms with Crippen LogP contribution in [0.5, 0.6) is 0 Å². The first kappa shape index (κ1) is 25.2. The van der Waals surface area contributed by atoms with E-state index in [2.05, 4.69) is 26.3 Å². The summed E-state index contributed by atoms with van der Waals surface area (Å²) in [4.78, 5) is 27.6. The van der Waals surface area contributed by atoms with Gasteiger partial charge in [-0.25, -0.2) is 0 Å². The zero-order valence-electron chi connectivity index (χ0n) is 16.8. The molecule has 0 saturated carbocycles. The quantitative estimate of drug-likeness (QED) is 0.202. The predicted octanol–water partition coefficient (Wildman–Crippen LogP) is 1.53. The molecule has 0 aliphatic rings. The minimum Gasteiger partial charge on any atom is -0.356 e. The van der Waals surface area contributed by atoms with Gasteiger partial charge in [-0.3, -0.25) is 14.6 Å². The lowest BCUT2D eigenvalue weighted by molar-refractivity contribution is -0.128. The van der Waals surface area contributed by atoms with E-state index in [0.29, 0.717) is 31.2 Å². The van der Waals surface area contributed by atoms with Crippen molar-refractivity contribution in [2.24, 2.45) is 10.4 Å². The van der Waals surface area contributed by atoms with Crippen molar-refractivity contribution in [3.63, 3.8) is 0 Å². The van der Waals surface area contributed by atoms with Crippen LogP contribution in [0, 0.1) is 5.41 Å². The summed E-state index contributed by atoms with van der Waals surface area (Å²) in [5.41, 5.74) is 1.34. The topological polar surface area (TPSA) is 94.6 Å². The summed E-state index contributed by atoms with van der Waals surface area (Å²) in [6.45, 7) is 7.46. The van der Waals surface area contributed by atoms with E-state index in [4.69, 9.17) is 0 Å². The Morgan fingerprint density at radius 3 is 2.26 bits per heavy atom. The maximum Gasteiger partial charge on any atom is 0.251 e. The van der Waals surface area contributed by atoms with Crippen LogP contribution in [0.3, 0.4) is 0 Å². The average Bonchev–Trinajstić information content (AvgIpc) is 2.62. The molecule has 1 aromatic carbocycles. The van der Waals surface area contributed by atoms with Gasteiger partial charge in [0.1, 0.15) is 0 Å². The molecule has 0 bridgehead atoms. The second-order valence-electron chi connectivity index (χ2n) is 6.96. The van der Waals surface area contributed by atoms with Crippen molar-refractivity contribution in [3.05, 3.63) is 35.4 Å². The van der Waals surface area contributed by atoms with Crippen LogP contribution in [-0.4, -0.2) is 51.5 Å². The molecule has 0 radical (unpaired) electrons. The fourth-order valence-electron chi connectivity index (χ4n) is 2.18. The third-order valence-electron chi connectivity index (χ3n) is 3.73. The maximum atomic E-state index is 11.8. The van der Waals surface area contributed by atoms with Crippen molar-refractivity contribution >= 4 is 41.8 Å². The minimum absolute atomic E-state index is 0. The number of hydrogen-bond donors (Lipinski definition) is 4. The van der Waals surface area contributed by atoms with Gasteiger partial charge >= 0.3 is 0 Å². The third kappa shape index (κ3) is 9.60. The van der Waals surface area contributed by atoms with Crippen molar-refractivity contribution in [2.75, 3.05) is 33.7 Å². The lowest BCUT2D eigenvalue weighted by Gasteiger charge is -2.18. The van der Waals surface area contributed by atoms with Crippen LogP contribution in [0.1, 0.15) is 36.7 Å². The number of hydrogen-bond acceptors (Lipinski definition) is 3. The van der Waals surface area contributed by atoms with Gasteiger partial charge in [-0.1, -0.05) is 32.9 Å². The maximum absolute atomic E-state index is 11.8. The molecule has 8 heteroatoms. The Bertz CT molecular complexity index is 641. The zero-order chi connectivity index (χ0) is 19.6. The van der Waals surface area contributed by atoms with Crippen LogP contribution in [-0.2, 0) is 11.2 Å². The minimum atomic E-state index is -0.386. The molecule has 0 aromatic heterocycles. The summed E-state index contributed by atoms with van der Waals surface area (Å²) >= 11 is 0. The summed E-state index contributed by atoms with van der Waals surface area (Å²) in [6, 6.07) is 7.55. The molecule has 7 nitrogen and oxygen atoms in total. The molecule has 0 aliphatic carbocycles. The van der Waals surface area contributed by atoms with E-state index in [1.54, 1.807) is 20.2 Å². The second kappa shape index (κ2) is 12.5. The van der Waals surface area contributed by atoms with Crippen molar-refractivity contribution in [1.82, 2.24) is 21.3 Å². The van der Waals surface area contributed by atoms with Crippen molar-refractivity contribution in [3.8, 4) is 0 Å². The smallest absolute Gasteiger partial charge is 0.251 e. The Kier molecular flexibility index (Phi) is 11.7. The molecule has 27 heavy (non-hydrogen) atoms. The van der Waals surface area contributed by atoms with E-state index in [1.165, 1.54) is 0 Å².